The van der Waals surface area contributed by atoms with Crippen LogP contribution in [0.15, 0.2) is 0 Å². The van der Waals surface area contributed by atoms with Gasteiger partial charge in [0.05, 0.1) is 0 Å². The summed E-state index contributed by atoms with van der Waals surface area (Å²) in [5, 5.41) is 3.80. The molecule has 2 heterocycles. The van der Waals surface area contributed by atoms with E-state index in [1.54, 1.807) is 0 Å². The van der Waals surface area contributed by atoms with Gasteiger partial charge in [-0.3, -0.25) is 0 Å². The van der Waals surface area contributed by atoms with Gasteiger partial charge in [0.2, 0.25) is 0 Å². The molecule has 0 aromatic carbocycles. The zero-order valence-electron chi connectivity index (χ0n) is 10.5. The molecule has 2 heteroatoms. The van der Waals surface area contributed by atoms with Crippen LogP contribution in [0.1, 0.15) is 44.9 Å². The SMILES string of the molecule is C1CC[C@@H]2[C@H](C1)CCN[C@@H]2CN1CCCC1. The Bertz CT molecular complexity index is 221. The Hall–Kier alpha value is -0.0800. The van der Waals surface area contributed by atoms with Crippen molar-refractivity contribution >= 4 is 0 Å². The van der Waals surface area contributed by atoms with Gasteiger partial charge < -0.3 is 10.2 Å². The molecule has 0 bridgehead atoms. The molecule has 1 aliphatic carbocycles. The summed E-state index contributed by atoms with van der Waals surface area (Å²) in [6, 6.07) is 0.817. The molecule has 92 valence electrons. The van der Waals surface area contributed by atoms with E-state index in [4.69, 9.17) is 0 Å². The maximum Gasteiger partial charge on any atom is 0.0225 e. The van der Waals surface area contributed by atoms with Crippen molar-refractivity contribution in [2.45, 2.75) is 51.0 Å². The van der Waals surface area contributed by atoms with Crippen molar-refractivity contribution in [3.63, 3.8) is 0 Å². The molecule has 0 radical (unpaired) electrons. The first kappa shape index (κ1) is 11.0. The van der Waals surface area contributed by atoms with E-state index in [0.717, 1.165) is 17.9 Å². The van der Waals surface area contributed by atoms with Gasteiger partial charge >= 0.3 is 0 Å². The van der Waals surface area contributed by atoms with Gasteiger partial charge in [0, 0.05) is 12.6 Å². The minimum Gasteiger partial charge on any atom is -0.312 e. The normalized spacial score (nSPS) is 40.9. The Morgan fingerprint density at radius 3 is 2.62 bits per heavy atom. The number of likely N-dealkylation sites (tertiary alicyclic amines) is 1. The Morgan fingerprint density at radius 1 is 0.938 bits per heavy atom. The molecule has 2 aliphatic heterocycles. The van der Waals surface area contributed by atoms with Crippen LogP contribution in [0.4, 0.5) is 0 Å². The minimum atomic E-state index is 0.817. The Balaban J connectivity index is 1.59. The lowest BCUT2D eigenvalue weighted by molar-refractivity contribution is 0.110. The highest BCUT2D eigenvalue weighted by Gasteiger charge is 2.35. The lowest BCUT2D eigenvalue weighted by Crippen LogP contribution is -2.52. The molecule has 0 unspecified atom stereocenters. The van der Waals surface area contributed by atoms with Crippen LogP contribution in [0, 0.1) is 11.8 Å². The second-order valence-electron chi connectivity index (χ2n) is 6.07. The topological polar surface area (TPSA) is 15.3 Å². The first-order valence-corrected chi connectivity index (χ1v) is 7.39. The van der Waals surface area contributed by atoms with Crippen molar-refractivity contribution < 1.29 is 0 Å². The molecular formula is C14H26N2. The van der Waals surface area contributed by atoms with Gasteiger partial charge in [-0.1, -0.05) is 19.3 Å². The predicted molar refractivity (Wildman–Crippen MR) is 67.5 cm³/mol. The Labute approximate surface area is 99.8 Å². The molecule has 0 spiro atoms. The van der Waals surface area contributed by atoms with Crippen molar-refractivity contribution in [3.05, 3.63) is 0 Å². The van der Waals surface area contributed by atoms with Crippen molar-refractivity contribution in [1.29, 1.82) is 0 Å². The summed E-state index contributed by atoms with van der Waals surface area (Å²) in [7, 11) is 0. The standard InChI is InChI=1S/C14H26N2/c1-2-6-13-12(5-1)7-8-15-14(13)11-16-9-3-4-10-16/h12-15H,1-11H2/t12-,13-,14-/m1/s1. The van der Waals surface area contributed by atoms with E-state index in [0.29, 0.717) is 0 Å². The third kappa shape index (κ3) is 2.28. The van der Waals surface area contributed by atoms with Crippen molar-refractivity contribution in [2.75, 3.05) is 26.2 Å². The smallest absolute Gasteiger partial charge is 0.0225 e. The lowest BCUT2D eigenvalue weighted by Gasteiger charge is -2.43. The molecular weight excluding hydrogens is 196 g/mol. The third-order valence-electron chi connectivity index (χ3n) is 5.06. The summed E-state index contributed by atoms with van der Waals surface area (Å²) in [5.74, 6) is 2.06. The first-order valence-electron chi connectivity index (χ1n) is 7.39. The average Bonchev–Trinajstić information content (AvgIpc) is 2.82. The summed E-state index contributed by atoms with van der Waals surface area (Å²) < 4.78 is 0. The number of hydrogen-bond donors (Lipinski definition) is 1. The highest BCUT2D eigenvalue weighted by atomic mass is 15.2. The molecule has 0 amide bonds. The van der Waals surface area contributed by atoms with Crippen LogP contribution in [0.3, 0.4) is 0 Å². The number of piperidine rings is 1. The van der Waals surface area contributed by atoms with Crippen molar-refractivity contribution in [3.8, 4) is 0 Å². The van der Waals surface area contributed by atoms with Gasteiger partial charge in [0.25, 0.3) is 0 Å². The maximum absolute atomic E-state index is 3.80. The monoisotopic (exact) mass is 222 g/mol. The van der Waals surface area contributed by atoms with Gasteiger partial charge in [0.1, 0.15) is 0 Å². The van der Waals surface area contributed by atoms with E-state index in [1.807, 2.05) is 0 Å². The largest absolute Gasteiger partial charge is 0.312 e. The second-order valence-corrected chi connectivity index (χ2v) is 6.07. The molecule has 2 nitrogen and oxygen atoms in total. The van der Waals surface area contributed by atoms with Crippen molar-refractivity contribution in [2.24, 2.45) is 11.8 Å². The number of rotatable bonds is 2. The molecule has 0 aromatic heterocycles. The number of nitrogens with zero attached hydrogens (tertiary/aromatic N) is 1. The van der Waals surface area contributed by atoms with Gasteiger partial charge in [-0.2, -0.15) is 0 Å². The van der Waals surface area contributed by atoms with Gasteiger partial charge in [0.15, 0.2) is 0 Å². The van der Waals surface area contributed by atoms with Crippen LogP contribution in [0.5, 0.6) is 0 Å². The number of nitrogens with one attached hydrogen (secondary N) is 1. The van der Waals surface area contributed by atoms with Gasteiger partial charge in [-0.15, -0.1) is 0 Å². The van der Waals surface area contributed by atoms with E-state index < -0.39 is 0 Å². The fraction of sp³-hybridized carbons (Fsp3) is 1.00. The van der Waals surface area contributed by atoms with Crippen LogP contribution >= 0.6 is 0 Å². The molecule has 0 aromatic rings. The van der Waals surface area contributed by atoms with E-state index in [9.17, 15) is 0 Å². The molecule has 16 heavy (non-hydrogen) atoms. The molecule has 1 N–H and O–H groups in total. The van der Waals surface area contributed by atoms with Crippen LogP contribution < -0.4 is 5.32 Å². The van der Waals surface area contributed by atoms with Crippen molar-refractivity contribution in [1.82, 2.24) is 10.2 Å². The molecule has 1 saturated carbocycles. The summed E-state index contributed by atoms with van der Waals surface area (Å²) in [4.78, 5) is 2.69. The summed E-state index contributed by atoms with van der Waals surface area (Å²) >= 11 is 0. The molecule has 3 fully saturated rings. The highest BCUT2D eigenvalue weighted by Crippen LogP contribution is 2.37. The van der Waals surface area contributed by atoms with E-state index in [2.05, 4.69) is 10.2 Å². The number of hydrogen-bond acceptors (Lipinski definition) is 2. The molecule has 3 aliphatic rings. The average molecular weight is 222 g/mol. The van der Waals surface area contributed by atoms with E-state index in [1.165, 1.54) is 71.1 Å². The Morgan fingerprint density at radius 2 is 1.75 bits per heavy atom. The predicted octanol–water partition coefficient (Wildman–Crippen LogP) is 2.25. The zero-order valence-corrected chi connectivity index (χ0v) is 10.5. The van der Waals surface area contributed by atoms with Crippen LogP contribution in [-0.4, -0.2) is 37.1 Å². The van der Waals surface area contributed by atoms with E-state index in [-0.39, 0.29) is 0 Å². The Kier molecular flexibility index (Phi) is 3.49. The third-order valence-corrected chi connectivity index (χ3v) is 5.06. The lowest BCUT2D eigenvalue weighted by atomic mass is 9.71. The van der Waals surface area contributed by atoms with Crippen LogP contribution in [0.25, 0.3) is 0 Å². The van der Waals surface area contributed by atoms with Gasteiger partial charge in [-0.05, 0) is 57.2 Å². The first-order chi connectivity index (χ1) is 7.93. The van der Waals surface area contributed by atoms with Crippen LogP contribution in [0.2, 0.25) is 0 Å². The van der Waals surface area contributed by atoms with Gasteiger partial charge in [-0.25, -0.2) is 0 Å². The van der Waals surface area contributed by atoms with E-state index >= 15 is 0 Å². The minimum absolute atomic E-state index is 0.817. The summed E-state index contributed by atoms with van der Waals surface area (Å²) in [5.41, 5.74) is 0. The molecule has 3 rings (SSSR count). The second kappa shape index (κ2) is 5.05. The van der Waals surface area contributed by atoms with Crippen LogP contribution in [-0.2, 0) is 0 Å². The summed E-state index contributed by atoms with van der Waals surface area (Å²) in [6.07, 6.45) is 10.3. The number of fused-ring (bicyclic) bond motifs is 1. The zero-order chi connectivity index (χ0) is 10.8. The molecule has 2 saturated heterocycles. The summed E-state index contributed by atoms with van der Waals surface area (Å²) in [6.45, 7) is 5.33. The quantitative estimate of drug-likeness (QED) is 0.771. The fourth-order valence-electron chi connectivity index (χ4n) is 4.17. The fourth-order valence-corrected chi connectivity index (χ4v) is 4.17. The maximum atomic E-state index is 3.80. The molecule has 3 atom stereocenters. The highest BCUT2D eigenvalue weighted by molar-refractivity contribution is 4.91.